The molecule has 1 heterocycles. The minimum Gasteiger partial charge on any atom is -0.454 e. The molecule has 0 radical (unpaired) electrons. The van der Waals surface area contributed by atoms with Crippen LogP contribution in [0.1, 0.15) is 44.2 Å². The fraction of sp³-hybridized carbons (Fsp3) is 0.417. The average Bonchev–Trinajstić information content (AvgIpc) is 3.25. The Labute approximate surface area is 198 Å². The molecule has 1 atom stereocenters. The summed E-state index contributed by atoms with van der Waals surface area (Å²) in [6.45, 7) is 4.72. The second kappa shape index (κ2) is 11.4. The van der Waals surface area contributed by atoms with E-state index in [4.69, 9.17) is 32.7 Å². The van der Waals surface area contributed by atoms with Crippen molar-refractivity contribution in [2.24, 2.45) is 0 Å². The van der Waals surface area contributed by atoms with Crippen molar-refractivity contribution in [2.75, 3.05) is 13.3 Å². The third-order valence-corrected chi connectivity index (χ3v) is 6.16. The quantitative estimate of drug-likeness (QED) is 0.488. The summed E-state index contributed by atoms with van der Waals surface area (Å²) in [5.41, 5.74) is 1.58. The molecule has 8 heteroatoms. The van der Waals surface area contributed by atoms with Gasteiger partial charge in [-0.3, -0.25) is 9.59 Å². The van der Waals surface area contributed by atoms with Crippen molar-refractivity contribution < 1.29 is 19.1 Å². The molecule has 6 nitrogen and oxygen atoms in total. The molecule has 2 aromatic carbocycles. The van der Waals surface area contributed by atoms with Gasteiger partial charge in [0.1, 0.15) is 6.04 Å². The fourth-order valence-electron chi connectivity index (χ4n) is 3.46. The van der Waals surface area contributed by atoms with Gasteiger partial charge in [0.2, 0.25) is 18.6 Å². The van der Waals surface area contributed by atoms with Crippen LogP contribution in [0.15, 0.2) is 36.4 Å². The third kappa shape index (κ3) is 6.08. The van der Waals surface area contributed by atoms with Crippen molar-refractivity contribution in [1.82, 2.24) is 10.2 Å². The van der Waals surface area contributed by atoms with Gasteiger partial charge in [-0.1, -0.05) is 48.7 Å². The second-order valence-electron chi connectivity index (χ2n) is 7.73. The van der Waals surface area contributed by atoms with Crippen LogP contribution in [0.3, 0.4) is 0 Å². The van der Waals surface area contributed by atoms with E-state index in [-0.39, 0.29) is 31.6 Å². The van der Waals surface area contributed by atoms with E-state index in [1.54, 1.807) is 30.0 Å². The zero-order valence-corrected chi connectivity index (χ0v) is 19.8. The van der Waals surface area contributed by atoms with Crippen LogP contribution in [0.4, 0.5) is 0 Å². The summed E-state index contributed by atoms with van der Waals surface area (Å²) < 4.78 is 10.8. The summed E-state index contributed by atoms with van der Waals surface area (Å²) in [5, 5.41) is 3.83. The van der Waals surface area contributed by atoms with E-state index in [2.05, 4.69) is 12.2 Å². The monoisotopic (exact) mass is 478 g/mol. The standard InChI is InChI=1S/C24H28Cl2N2O4/c1-3-4-12-27-24(30)16(2)28(14-18-19(25)6-5-7-20(18)26)23(29)11-9-17-8-10-21-22(13-17)32-15-31-21/h5-8,10,13,16H,3-4,9,11-12,14-15H2,1-2H3,(H,27,30). The number of carbonyl (C=O) groups is 2. The Morgan fingerprint density at radius 1 is 1.12 bits per heavy atom. The summed E-state index contributed by atoms with van der Waals surface area (Å²) in [4.78, 5) is 27.5. The Morgan fingerprint density at radius 2 is 1.84 bits per heavy atom. The van der Waals surface area contributed by atoms with Crippen LogP contribution in [0.2, 0.25) is 10.0 Å². The molecule has 0 spiro atoms. The molecule has 1 unspecified atom stereocenters. The van der Waals surface area contributed by atoms with Gasteiger partial charge in [-0.15, -0.1) is 0 Å². The first-order valence-electron chi connectivity index (χ1n) is 10.8. The Balaban J connectivity index is 1.74. The molecule has 0 saturated heterocycles. The zero-order valence-electron chi connectivity index (χ0n) is 18.3. The summed E-state index contributed by atoms with van der Waals surface area (Å²) >= 11 is 12.7. The van der Waals surface area contributed by atoms with Gasteiger partial charge in [0.15, 0.2) is 11.5 Å². The Morgan fingerprint density at radius 3 is 2.56 bits per heavy atom. The lowest BCUT2D eigenvalue weighted by Gasteiger charge is -2.29. The van der Waals surface area contributed by atoms with Crippen molar-refractivity contribution in [1.29, 1.82) is 0 Å². The van der Waals surface area contributed by atoms with E-state index in [1.807, 2.05) is 18.2 Å². The number of benzene rings is 2. The lowest BCUT2D eigenvalue weighted by Crippen LogP contribution is -2.48. The van der Waals surface area contributed by atoms with E-state index < -0.39 is 6.04 Å². The molecule has 0 fully saturated rings. The molecule has 0 aliphatic carbocycles. The average molecular weight is 479 g/mol. The number of unbranched alkanes of at least 4 members (excludes halogenated alkanes) is 1. The number of hydrogen-bond donors (Lipinski definition) is 1. The highest BCUT2D eigenvalue weighted by Crippen LogP contribution is 2.33. The third-order valence-electron chi connectivity index (χ3n) is 5.45. The number of nitrogens with zero attached hydrogens (tertiary/aromatic N) is 1. The number of amides is 2. The van der Waals surface area contributed by atoms with E-state index in [9.17, 15) is 9.59 Å². The Bertz CT molecular complexity index is 947. The van der Waals surface area contributed by atoms with Crippen molar-refractivity contribution in [2.45, 2.75) is 52.1 Å². The zero-order chi connectivity index (χ0) is 23.1. The molecule has 0 bridgehead atoms. The van der Waals surface area contributed by atoms with Crippen molar-refractivity contribution in [3.8, 4) is 11.5 Å². The van der Waals surface area contributed by atoms with E-state index >= 15 is 0 Å². The Hall–Kier alpha value is -2.44. The summed E-state index contributed by atoms with van der Waals surface area (Å²) in [6.07, 6.45) is 2.59. The van der Waals surface area contributed by atoms with Crippen LogP contribution in [0, 0.1) is 0 Å². The highest BCUT2D eigenvalue weighted by Gasteiger charge is 2.27. The Kier molecular flexibility index (Phi) is 8.65. The van der Waals surface area contributed by atoms with Gasteiger partial charge in [-0.25, -0.2) is 0 Å². The number of halogens is 2. The van der Waals surface area contributed by atoms with Crippen LogP contribution in [0.25, 0.3) is 0 Å². The highest BCUT2D eigenvalue weighted by molar-refractivity contribution is 6.36. The smallest absolute Gasteiger partial charge is 0.242 e. The van der Waals surface area contributed by atoms with Gasteiger partial charge in [-0.05, 0) is 49.6 Å². The molecular formula is C24H28Cl2N2O4. The predicted octanol–water partition coefficient (Wildman–Crippen LogP) is 4.99. The maximum atomic E-state index is 13.3. The molecule has 2 amide bonds. The van der Waals surface area contributed by atoms with Crippen molar-refractivity contribution in [3.63, 3.8) is 0 Å². The normalized spacial score (nSPS) is 13.0. The van der Waals surface area contributed by atoms with E-state index in [1.165, 1.54) is 0 Å². The lowest BCUT2D eigenvalue weighted by atomic mass is 10.1. The molecule has 1 aliphatic rings. The molecule has 172 valence electrons. The van der Waals surface area contributed by atoms with Gasteiger partial charge >= 0.3 is 0 Å². The maximum Gasteiger partial charge on any atom is 0.242 e. The van der Waals surface area contributed by atoms with Gasteiger partial charge in [0.05, 0.1) is 0 Å². The molecule has 2 aromatic rings. The van der Waals surface area contributed by atoms with Gasteiger partial charge in [0, 0.05) is 35.1 Å². The van der Waals surface area contributed by atoms with Crippen molar-refractivity contribution in [3.05, 3.63) is 57.6 Å². The molecule has 1 N–H and O–H groups in total. The number of hydrogen-bond acceptors (Lipinski definition) is 4. The first-order chi connectivity index (χ1) is 15.4. The molecule has 3 rings (SSSR count). The number of ether oxygens (including phenoxy) is 2. The summed E-state index contributed by atoms with van der Waals surface area (Å²) in [7, 11) is 0. The summed E-state index contributed by atoms with van der Waals surface area (Å²) in [5.74, 6) is 1.03. The number of aryl methyl sites for hydroxylation is 1. The lowest BCUT2D eigenvalue weighted by molar-refractivity contribution is -0.140. The van der Waals surface area contributed by atoms with Crippen LogP contribution >= 0.6 is 23.2 Å². The van der Waals surface area contributed by atoms with Crippen molar-refractivity contribution >= 4 is 35.0 Å². The maximum absolute atomic E-state index is 13.3. The van der Waals surface area contributed by atoms with Crippen LogP contribution < -0.4 is 14.8 Å². The summed E-state index contributed by atoms with van der Waals surface area (Å²) in [6, 6.07) is 10.2. The van der Waals surface area contributed by atoms with Crippen LogP contribution in [0.5, 0.6) is 11.5 Å². The molecule has 32 heavy (non-hydrogen) atoms. The van der Waals surface area contributed by atoms with E-state index in [0.717, 1.165) is 18.4 Å². The number of rotatable bonds is 10. The first kappa shape index (κ1) is 24.2. The minimum absolute atomic E-state index is 0.154. The second-order valence-corrected chi connectivity index (χ2v) is 8.54. The van der Waals surface area contributed by atoms with Gasteiger partial charge in [0.25, 0.3) is 0 Å². The topological polar surface area (TPSA) is 67.9 Å². The SMILES string of the molecule is CCCCNC(=O)C(C)N(Cc1c(Cl)cccc1Cl)C(=O)CCc1ccc2c(c1)OCO2. The number of fused-ring (bicyclic) bond motifs is 1. The van der Waals surface area contributed by atoms with Gasteiger partial charge in [-0.2, -0.15) is 0 Å². The first-order valence-corrected chi connectivity index (χ1v) is 11.5. The van der Waals surface area contributed by atoms with Crippen LogP contribution in [-0.4, -0.2) is 36.1 Å². The molecule has 0 aromatic heterocycles. The molecule has 0 saturated carbocycles. The van der Waals surface area contributed by atoms with Gasteiger partial charge < -0.3 is 19.7 Å². The largest absolute Gasteiger partial charge is 0.454 e. The highest BCUT2D eigenvalue weighted by atomic mass is 35.5. The fourth-order valence-corrected chi connectivity index (χ4v) is 3.98. The predicted molar refractivity (Wildman–Crippen MR) is 125 cm³/mol. The van der Waals surface area contributed by atoms with Crippen LogP contribution in [-0.2, 0) is 22.6 Å². The minimum atomic E-state index is -0.663. The number of nitrogens with one attached hydrogen (secondary N) is 1. The van der Waals surface area contributed by atoms with E-state index in [0.29, 0.717) is 40.1 Å². The number of carbonyl (C=O) groups excluding carboxylic acids is 2. The molecule has 1 aliphatic heterocycles. The molecular weight excluding hydrogens is 451 g/mol.